The second-order valence-corrected chi connectivity index (χ2v) is 6.77. The third kappa shape index (κ3) is 3.17. The van der Waals surface area contributed by atoms with E-state index in [-0.39, 0.29) is 10.6 Å². The van der Waals surface area contributed by atoms with Crippen LogP contribution in [0.4, 0.5) is 11.4 Å². The summed E-state index contributed by atoms with van der Waals surface area (Å²) in [5.41, 5.74) is 6.96. The topological polar surface area (TPSA) is 72.2 Å². The average molecular weight is 331 g/mol. The lowest BCUT2D eigenvalue weighted by molar-refractivity contribution is 0.601. The summed E-state index contributed by atoms with van der Waals surface area (Å²) in [5.74, 6) is 0. The van der Waals surface area contributed by atoms with Gasteiger partial charge in [-0.15, -0.1) is 0 Å². The van der Waals surface area contributed by atoms with E-state index in [0.29, 0.717) is 15.7 Å². The van der Waals surface area contributed by atoms with E-state index < -0.39 is 10.0 Å². The van der Waals surface area contributed by atoms with Crippen LogP contribution in [0, 0.1) is 6.92 Å². The second-order valence-electron chi connectivity index (χ2n) is 4.27. The molecular weight excluding hydrogens is 319 g/mol. The van der Waals surface area contributed by atoms with Crippen molar-refractivity contribution in [3.8, 4) is 0 Å². The monoisotopic (exact) mass is 330 g/mol. The Balaban J connectivity index is 2.43. The normalized spacial score (nSPS) is 11.3. The van der Waals surface area contributed by atoms with Crippen molar-refractivity contribution < 1.29 is 8.42 Å². The third-order valence-corrected chi connectivity index (χ3v) is 4.63. The van der Waals surface area contributed by atoms with Gasteiger partial charge in [0.15, 0.2) is 0 Å². The maximum atomic E-state index is 12.3. The highest BCUT2D eigenvalue weighted by Gasteiger charge is 2.19. The predicted octanol–water partition coefficient (Wildman–Crippen LogP) is 3.68. The molecule has 0 heterocycles. The summed E-state index contributed by atoms with van der Waals surface area (Å²) < 4.78 is 27.0. The van der Waals surface area contributed by atoms with Gasteiger partial charge in [-0.2, -0.15) is 0 Å². The minimum atomic E-state index is -3.82. The van der Waals surface area contributed by atoms with Gasteiger partial charge in [0.2, 0.25) is 0 Å². The van der Waals surface area contributed by atoms with Gasteiger partial charge >= 0.3 is 0 Å². The SMILES string of the molecule is Cc1ccc(Cl)c(NS(=O)(=O)c2ccc(Cl)cc2N)c1. The molecule has 0 fully saturated rings. The van der Waals surface area contributed by atoms with Crippen LogP contribution in [-0.2, 0) is 10.0 Å². The van der Waals surface area contributed by atoms with E-state index in [1.165, 1.54) is 18.2 Å². The molecule has 0 aliphatic rings. The summed E-state index contributed by atoms with van der Waals surface area (Å²) in [6.07, 6.45) is 0. The molecule has 106 valence electrons. The number of nitrogens with one attached hydrogen (secondary N) is 1. The molecule has 4 nitrogen and oxygen atoms in total. The van der Waals surface area contributed by atoms with Crippen molar-refractivity contribution in [2.75, 3.05) is 10.5 Å². The first-order chi connectivity index (χ1) is 9.29. The summed E-state index contributed by atoms with van der Waals surface area (Å²) in [5, 5.41) is 0.682. The minimum absolute atomic E-state index is 0.0422. The molecule has 0 aliphatic heterocycles. The molecule has 0 spiro atoms. The molecular formula is C13H12Cl2N2O2S. The molecule has 0 saturated heterocycles. The van der Waals surface area contributed by atoms with E-state index in [1.807, 2.05) is 6.92 Å². The van der Waals surface area contributed by atoms with Gasteiger partial charge in [0, 0.05) is 5.02 Å². The lowest BCUT2D eigenvalue weighted by Gasteiger charge is -2.12. The summed E-state index contributed by atoms with van der Waals surface area (Å²) in [4.78, 5) is -0.0422. The zero-order valence-electron chi connectivity index (χ0n) is 10.5. The first kappa shape index (κ1) is 15.0. The van der Waals surface area contributed by atoms with E-state index in [1.54, 1.807) is 18.2 Å². The molecule has 0 unspecified atom stereocenters. The molecule has 0 saturated carbocycles. The number of aryl methyl sites for hydroxylation is 1. The number of sulfonamides is 1. The second kappa shape index (κ2) is 5.52. The van der Waals surface area contributed by atoms with Crippen LogP contribution in [0.5, 0.6) is 0 Å². The van der Waals surface area contributed by atoms with Crippen LogP contribution in [0.25, 0.3) is 0 Å². The summed E-state index contributed by atoms with van der Waals surface area (Å²) >= 11 is 11.7. The van der Waals surface area contributed by atoms with Crippen LogP contribution >= 0.6 is 23.2 Å². The number of halogens is 2. The first-order valence-corrected chi connectivity index (χ1v) is 7.87. The third-order valence-electron chi connectivity index (χ3n) is 2.63. The average Bonchev–Trinajstić information content (AvgIpc) is 2.33. The number of nitrogen functional groups attached to an aromatic ring is 1. The fourth-order valence-corrected chi connectivity index (χ4v) is 3.27. The van der Waals surface area contributed by atoms with Gasteiger partial charge in [-0.25, -0.2) is 8.42 Å². The first-order valence-electron chi connectivity index (χ1n) is 5.63. The Morgan fingerprint density at radius 3 is 2.45 bits per heavy atom. The Labute approximate surface area is 127 Å². The Morgan fingerprint density at radius 2 is 1.80 bits per heavy atom. The number of rotatable bonds is 3. The number of anilines is 2. The highest BCUT2D eigenvalue weighted by atomic mass is 35.5. The van der Waals surface area contributed by atoms with E-state index >= 15 is 0 Å². The Morgan fingerprint density at radius 1 is 1.10 bits per heavy atom. The van der Waals surface area contributed by atoms with Crippen molar-refractivity contribution in [2.45, 2.75) is 11.8 Å². The molecule has 3 N–H and O–H groups in total. The van der Waals surface area contributed by atoms with Crippen LogP contribution in [0.1, 0.15) is 5.56 Å². The number of benzene rings is 2. The minimum Gasteiger partial charge on any atom is -0.398 e. The Bertz CT molecular complexity index is 761. The summed E-state index contributed by atoms with van der Waals surface area (Å²) in [6.45, 7) is 1.84. The fourth-order valence-electron chi connectivity index (χ4n) is 1.68. The van der Waals surface area contributed by atoms with Crippen molar-refractivity contribution in [3.05, 3.63) is 52.0 Å². The van der Waals surface area contributed by atoms with E-state index in [4.69, 9.17) is 28.9 Å². The van der Waals surface area contributed by atoms with Crippen molar-refractivity contribution >= 4 is 44.6 Å². The van der Waals surface area contributed by atoms with Gasteiger partial charge in [-0.05, 0) is 42.8 Å². The molecule has 0 atom stereocenters. The van der Waals surface area contributed by atoms with Crippen LogP contribution in [0.2, 0.25) is 10.0 Å². The smallest absolute Gasteiger partial charge is 0.263 e. The van der Waals surface area contributed by atoms with Gasteiger partial charge in [-0.3, -0.25) is 4.72 Å². The van der Waals surface area contributed by atoms with Crippen LogP contribution in [0.15, 0.2) is 41.3 Å². The van der Waals surface area contributed by atoms with E-state index in [9.17, 15) is 8.42 Å². The van der Waals surface area contributed by atoms with Gasteiger partial charge in [0.1, 0.15) is 4.90 Å². The number of hydrogen-bond acceptors (Lipinski definition) is 3. The maximum Gasteiger partial charge on any atom is 0.263 e. The molecule has 20 heavy (non-hydrogen) atoms. The van der Waals surface area contributed by atoms with E-state index in [0.717, 1.165) is 5.56 Å². The fraction of sp³-hybridized carbons (Fsp3) is 0.0769. The molecule has 0 radical (unpaired) electrons. The Kier molecular flexibility index (Phi) is 4.13. The van der Waals surface area contributed by atoms with Crippen molar-refractivity contribution in [3.63, 3.8) is 0 Å². The van der Waals surface area contributed by atoms with E-state index in [2.05, 4.69) is 4.72 Å². The highest BCUT2D eigenvalue weighted by molar-refractivity contribution is 7.92. The quantitative estimate of drug-likeness (QED) is 0.843. The molecule has 7 heteroatoms. The van der Waals surface area contributed by atoms with Crippen LogP contribution in [0.3, 0.4) is 0 Å². The molecule has 0 bridgehead atoms. The van der Waals surface area contributed by atoms with Crippen molar-refractivity contribution in [1.29, 1.82) is 0 Å². The highest BCUT2D eigenvalue weighted by Crippen LogP contribution is 2.28. The standard InChI is InChI=1S/C13H12Cl2N2O2S/c1-8-2-4-10(15)12(6-8)17-20(18,19)13-5-3-9(14)7-11(13)16/h2-7,17H,16H2,1H3. The largest absolute Gasteiger partial charge is 0.398 e. The van der Waals surface area contributed by atoms with Gasteiger partial charge in [0.05, 0.1) is 16.4 Å². The summed E-state index contributed by atoms with van der Waals surface area (Å²) in [7, 11) is -3.82. The van der Waals surface area contributed by atoms with Gasteiger partial charge in [0.25, 0.3) is 10.0 Å². The zero-order chi connectivity index (χ0) is 14.9. The lowest BCUT2D eigenvalue weighted by atomic mass is 10.2. The molecule has 2 aromatic carbocycles. The number of hydrogen-bond donors (Lipinski definition) is 2. The van der Waals surface area contributed by atoms with Crippen LogP contribution in [-0.4, -0.2) is 8.42 Å². The molecule has 0 aliphatic carbocycles. The zero-order valence-corrected chi connectivity index (χ0v) is 12.9. The lowest BCUT2D eigenvalue weighted by Crippen LogP contribution is -2.15. The predicted molar refractivity (Wildman–Crippen MR) is 82.9 cm³/mol. The summed E-state index contributed by atoms with van der Waals surface area (Å²) in [6, 6.07) is 9.25. The Hall–Kier alpha value is -1.43. The van der Waals surface area contributed by atoms with Crippen molar-refractivity contribution in [2.24, 2.45) is 0 Å². The molecule has 0 amide bonds. The molecule has 2 aromatic rings. The van der Waals surface area contributed by atoms with Gasteiger partial charge in [-0.1, -0.05) is 29.3 Å². The number of nitrogens with two attached hydrogens (primary N) is 1. The van der Waals surface area contributed by atoms with Crippen LogP contribution < -0.4 is 10.5 Å². The maximum absolute atomic E-state index is 12.3. The van der Waals surface area contributed by atoms with Gasteiger partial charge < -0.3 is 5.73 Å². The van der Waals surface area contributed by atoms with Crippen molar-refractivity contribution in [1.82, 2.24) is 0 Å². The molecule has 2 rings (SSSR count). The molecule has 0 aromatic heterocycles.